The Balaban J connectivity index is 1.27. The average Bonchev–Trinajstić information content (AvgIpc) is 3.58. The lowest BCUT2D eigenvalue weighted by atomic mass is 9.49. The van der Waals surface area contributed by atoms with Crippen LogP contribution in [-0.2, 0) is 27.8 Å². The SMILES string of the molecule is O=C(O)CC(NC(=O)c1cccc2c3c([nH]c12)[C@H]1Oc2c(O)ccc4c2[C@@]12CCN(CC1CC1)[C@@H](C4)[C@]2(O)C3)C(=O)O. The van der Waals surface area contributed by atoms with E-state index < -0.39 is 47.4 Å². The van der Waals surface area contributed by atoms with E-state index in [0.29, 0.717) is 41.8 Å². The molecule has 3 aliphatic carbocycles. The van der Waals surface area contributed by atoms with Crippen molar-refractivity contribution in [2.24, 2.45) is 5.92 Å². The molecule has 1 unspecified atom stereocenters. The van der Waals surface area contributed by atoms with Crippen LogP contribution in [0.15, 0.2) is 30.3 Å². The van der Waals surface area contributed by atoms with Crippen molar-refractivity contribution >= 4 is 28.7 Å². The molecule has 42 heavy (non-hydrogen) atoms. The average molecular weight is 574 g/mol. The Bertz CT molecular complexity index is 1710. The predicted molar refractivity (Wildman–Crippen MR) is 148 cm³/mol. The van der Waals surface area contributed by atoms with Crippen LogP contribution in [0.25, 0.3) is 10.9 Å². The Morgan fingerprint density at radius 2 is 1.98 bits per heavy atom. The number of nitrogens with zero attached hydrogens (tertiary/aromatic N) is 1. The smallest absolute Gasteiger partial charge is 0.326 e. The van der Waals surface area contributed by atoms with Crippen molar-refractivity contribution < 1.29 is 39.5 Å². The number of aliphatic carboxylic acids is 2. The molecule has 1 spiro atoms. The van der Waals surface area contributed by atoms with Gasteiger partial charge < -0.3 is 35.5 Å². The molecule has 2 bridgehead atoms. The standard InChI is InChI=1S/C31H31N3O8/c35-20-7-6-15-10-21-31(41)12-18-16-2-1-3-17(28(38)32-19(29(39)40)11-22(36)37)24(16)33-25(18)27-30(31,23(15)26(20)42-27)8-9-34(21)13-14-4-5-14/h1-3,6-7,14,19,21,27,33,35,41H,4-5,8-13H2,(H,32,38)(H,36,37)(H,39,40)/t19?,21-,27+,30-,31+/m0/s1. The first kappa shape index (κ1) is 25.6. The third-order valence-electron chi connectivity index (χ3n) is 10.4. The number of aromatic nitrogens is 1. The summed E-state index contributed by atoms with van der Waals surface area (Å²) in [5.74, 6) is -2.40. The number of likely N-dealkylation sites (tertiary alicyclic amines) is 1. The van der Waals surface area contributed by atoms with Crippen LogP contribution in [0.1, 0.15) is 64.5 Å². The van der Waals surface area contributed by atoms with Gasteiger partial charge in [0.05, 0.1) is 34.2 Å². The van der Waals surface area contributed by atoms with Crippen LogP contribution in [0.3, 0.4) is 0 Å². The van der Waals surface area contributed by atoms with Crippen LogP contribution in [0, 0.1) is 5.92 Å². The van der Waals surface area contributed by atoms with Gasteiger partial charge in [0, 0.05) is 30.0 Å². The summed E-state index contributed by atoms with van der Waals surface area (Å²) in [6, 6.07) is 7.00. The van der Waals surface area contributed by atoms with Crippen LogP contribution < -0.4 is 10.1 Å². The third kappa shape index (κ3) is 3.26. The van der Waals surface area contributed by atoms with Gasteiger partial charge in [-0.3, -0.25) is 14.5 Å². The first-order valence-corrected chi connectivity index (χ1v) is 14.5. The second kappa shape index (κ2) is 8.48. The highest BCUT2D eigenvalue weighted by molar-refractivity contribution is 6.08. The summed E-state index contributed by atoms with van der Waals surface area (Å²) in [6.07, 6.45) is 2.66. The molecule has 1 saturated carbocycles. The molecule has 1 amide bonds. The van der Waals surface area contributed by atoms with Gasteiger partial charge in [0.1, 0.15) is 6.04 Å². The van der Waals surface area contributed by atoms with E-state index >= 15 is 0 Å². The second-order valence-corrected chi connectivity index (χ2v) is 12.6. The number of carbonyl (C=O) groups excluding carboxylic acids is 1. The molecule has 5 atom stereocenters. The van der Waals surface area contributed by atoms with Crippen molar-refractivity contribution in [1.29, 1.82) is 0 Å². The maximum atomic E-state index is 13.3. The molecule has 2 aliphatic heterocycles. The molecule has 5 aliphatic rings. The first-order valence-electron chi connectivity index (χ1n) is 14.5. The summed E-state index contributed by atoms with van der Waals surface area (Å²) in [7, 11) is 0. The minimum atomic E-state index is -1.59. The van der Waals surface area contributed by atoms with Gasteiger partial charge in [-0.15, -0.1) is 0 Å². The second-order valence-electron chi connectivity index (χ2n) is 12.6. The van der Waals surface area contributed by atoms with Crippen molar-refractivity contribution in [2.75, 3.05) is 13.1 Å². The molecular weight excluding hydrogens is 542 g/mol. The number of carboxylic acid groups (broad SMARTS) is 2. The van der Waals surface area contributed by atoms with Gasteiger partial charge in [0.2, 0.25) is 0 Å². The summed E-state index contributed by atoms with van der Waals surface area (Å²) in [5, 5.41) is 45.5. The summed E-state index contributed by atoms with van der Waals surface area (Å²) < 4.78 is 6.60. The molecule has 3 heterocycles. The number of H-pyrrole nitrogens is 1. The number of hydrogen-bond donors (Lipinski definition) is 6. The van der Waals surface area contributed by atoms with Gasteiger partial charge in [-0.2, -0.15) is 0 Å². The molecule has 1 saturated heterocycles. The highest BCUT2D eigenvalue weighted by Crippen LogP contribution is 2.69. The fourth-order valence-corrected chi connectivity index (χ4v) is 8.45. The number of piperidine rings is 1. The van der Waals surface area contributed by atoms with Gasteiger partial charge in [-0.25, -0.2) is 4.79 Å². The highest BCUT2D eigenvalue weighted by atomic mass is 16.5. The number of amides is 1. The Hall–Kier alpha value is -4.09. The van der Waals surface area contributed by atoms with E-state index in [-0.39, 0.29) is 17.4 Å². The first-order chi connectivity index (χ1) is 20.1. The maximum absolute atomic E-state index is 13.3. The molecule has 3 aromatic rings. The Morgan fingerprint density at radius 3 is 2.71 bits per heavy atom. The summed E-state index contributed by atoms with van der Waals surface area (Å²) in [5.41, 5.74) is 2.19. The molecule has 2 aromatic carbocycles. The van der Waals surface area contributed by atoms with Gasteiger partial charge in [0.15, 0.2) is 17.6 Å². The number of carbonyl (C=O) groups is 3. The molecule has 218 valence electrons. The largest absolute Gasteiger partial charge is 0.504 e. The number of rotatable bonds is 7. The summed E-state index contributed by atoms with van der Waals surface area (Å²) in [4.78, 5) is 42.0. The quantitative estimate of drug-likeness (QED) is 0.248. The fourth-order valence-electron chi connectivity index (χ4n) is 8.45. The lowest BCUT2D eigenvalue weighted by molar-refractivity contribution is -0.173. The van der Waals surface area contributed by atoms with E-state index in [4.69, 9.17) is 9.84 Å². The highest BCUT2D eigenvalue weighted by Gasteiger charge is 2.72. The Morgan fingerprint density at radius 1 is 1.17 bits per heavy atom. The lowest BCUT2D eigenvalue weighted by Gasteiger charge is -2.62. The molecular formula is C31H31N3O8. The number of phenolic OH excluding ortho intramolecular Hbond substituents is 1. The molecule has 11 heteroatoms. The van der Waals surface area contributed by atoms with Crippen molar-refractivity contribution in [3.8, 4) is 11.5 Å². The van der Waals surface area contributed by atoms with Crippen LogP contribution in [0.4, 0.5) is 0 Å². The minimum absolute atomic E-state index is 0.0367. The molecule has 2 fully saturated rings. The number of fused-ring (bicyclic) bond motifs is 4. The maximum Gasteiger partial charge on any atom is 0.326 e. The number of phenols is 1. The van der Waals surface area contributed by atoms with E-state index in [0.717, 1.165) is 35.5 Å². The van der Waals surface area contributed by atoms with Gasteiger partial charge in [-0.05, 0) is 61.4 Å². The number of aromatic hydroxyl groups is 1. The van der Waals surface area contributed by atoms with Crippen LogP contribution in [-0.4, -0.2) is 78.9 Å². The molecule has 6 N–H and O–H groups in total. The van der Waals surface area contributed by atoms with Crippen molar-refractivity contribution in [1.82, 2.24) is 15.2 Å². The van der Waals surface area contributed by atoms with Gasteiger partial charge in [-0.1, -0.05) is 18.2 Å². The van der Waals surface area contributed by atoms with Crippen LogP contribution in [0.2, 0.25) is 0 Å². The Labute approximate surface area is 240 Å². The van der Waals surface area contributed by atoms with Crippen LogP contribution in [0.5, 0.6) is 11.5 Å². The number of nitrogens with one attached hydrogen (secondary N) is 2. The van der Waals surface area contributed by atoms with Crippen molar-refractivity contribution in [3.63, 3.8) is 0 Å². The minimum Gasteiger partial charge on any atom is -0.504 e. The van der Waals surface area contributed by atoms with Crippen molar-refractivity contribution in [2.45, 2.75) is 67.7 Å². The zero-order chi connectivity index (χ0) is 29.1. The number of aliphatic hydroxyl groups is 1. The van der Waals surface area contributed by atoms with E-state index in [1.165, 1.54) is 12.8 Å². The fraction of sp³-hybridized carbons (Fsp3) is 0.452. The van der Waals surface area contributed by atoms with E-state index in [1.807, 2.05) is 12.1 Å². The lowest BCUT2D eigenvalue weighted by Crippen LogP contribution is -2.74. The van der Waals surface area contributed by atoms with Crippen LogP contribution >= 0.6 is 0 Å². The number of carboxylic acids is 2. The monoisotopic (exact) mass is 573 g/mol. The van der Waals surface area contributed by atoms with Gasteiger partial charge in [0.25, 0.3) is 5.91 Å². The zero-order valence-electron chi connectivity index (χ0n) is 22.7. The van der Waals surface area contributed by atoms with E-state index in [9.17, 15) is 29.7 Å². The predicted octanol–water partition coefficient (Wildman–Crippen LogP) is 2.23. The number of aromatic amines is 1. The zero-order valence-corrected chi connectivity index (χ0v) is 22.7. The third-order valence-corrected chi connectivity index (χ3v) is 10.4. The summed E-state index contributed by atoms with van der Waals surface area (Å²) >= 11 is 0. The molecule has 0 radical (unpaired) electrons. The van der Waals surface area contributed by atoms with E-state index in [2.05, 4.69) is 15.2 Å². The Kier molecular flexibility index (Phi) is 5.17. The molecule has 8 rings (SSSR count). The number of benzene rings is 2. The molecule has 11 nitrogen and oxygen atoms in total. The molecule has 1 aromatic heterocycles. The van der Waals surface area contributed by atoms with Gasteiger partial charge >= 0.3 is 11.9 Å². The topological polar surface area (TPSA) is 172 Å². The van der Waals surface area contributed by atoms with E-state index in [1.54, 1.807) is 18.2 Å². The van der Waals surface area contributed by atoms with Crippen molar-refractivity contribution in [3.05, 3.63) is 58.3 Å². The normalized spacial score (nSPS) is 29.4. The summed E-state index contributed by atoms with van der Waals surface area (Å²) in [6.45, 7) is 1.75. The number of para-hydroxylation sites is 1. The number of hydrogen-bond acceptors (Lipinski definition) is 7. The number of ether oxygens (including phenoxy) is 1.